The lowest BCUT2D eigenvalue weighted by molar-refractivity contribution is -0.155. The fourth-order valence-corrected chi connectivity index (χ4v) is 4.70. The fraction of sp³-hybridized carbons (Fsp3) is 0.235. The van der Waals surface area contributed by atoms with Gasteiger partial charge in [0.1, 0.15) is 18.2 Å². The predicted octanol–water partition coefficient (Wildman–Crippen LogP) is 5.87. The highest BCUT2D eigenvalue weighted by Gasteiger charge is 2.50. The van der Waals surface area contributed by atoms with Crippen molar-refractivity contribution in [3.05, 3.63) is 144 Å². The lowest BCUT2D eigenvalue weighted by Crippen LogP contribution is -2.40. The van der Waals surface area contributed by atoms with E-state index in [0.717, 1.165) is 22.3 Å². The standard InChI is InChI=1S/C34H33NO4/c36-35-31(22-21-27-13-5-1-6-14-27)33(38-24-29-17-9-3-10-18-29)34(39-25-30-19-11-4-12-20-30)32(35)26-37-23-28-15-7-2-8-16-28/h1-20,31-34,36H,23-26H2/t31-,32+,33-,34-/m1/s1. The van der Waals surface area contributed by atoms with Gasteiger partial charge >= 0.3 is 0 Å². The van der Waals surface area contributed by atoms with Crippen LogP contribution in [-0.2, 0) is 34.0 Å². The molecule has 5 heteroatoms. The minimum absolute atomic E-state index is 0.263. The summed E-state index contributed by atoms with van der Waals surface area (Å²) in [4.78, 5) is 0. The molecule has 1 aliphatic heterocycles. The van der Waals surface area contributed by atoms with E-state index in [0.29, 0.717) is 19.8 Å². The Bertz CT molecular complexity index is 1320. The lowest BCUT2D eigenvalue weighted by Gasteiger charge is -2.25. The van der Waals surface area contributed by atoms with Crippen molar-refractivity contribution in [3.8, 4) is 11.8 Å². The Balaban J connectivity index is 1.40. The minimum atomic E-state index is -0.597. The molecule has 5 nitrogen and oxygen atoms in total. The quantitative estimate of drug-likeness (QED) is 0.266. The molecule has 1 aliphatic rings. The summed E-state index contributed by atoms with van der Waals surface area (Å²) in [6.07, 6.45) is -0.967. The average Bonchev–Trinajstić information content (AvgIpc) is 3.25. The third-order valence-electron chi connectivity index (χ3n) is 6.75. The first-order valence-corrected chi connectivity index (χ1v) is 13.2. The largest absolute Gasteiger partial charge is 0.375 e. The molecule has 0 aromatic heterocycles. The smallest absolute Gasteiger partial charge is 0.125 e. The molecular weight excluding hydrogens is 486 g/mol. The van der Waals surface area contributed by atoms with Crippen LogP contribution < -0.4 is 0 Å². The van der Waals surface area contributed by atoms with E-state index < -0.39 is 24.3 Å². The number of benzene rings is 4. The summed E-state index contributed by atoms with van der Waals surface area (Å²) in [7, 11) is 0. The number of ether oxygens (including phenoxy) is 3. The zero-order valence-electron chi connectivity index (χ0n) is 21.8. The summed E-state index contributed by atoms with van der Waals surface area (Å²) in [5.74, 6) is 6.48. The maximum atomic E-state index is 11.4. The number of nitrogens with zero attached hydrogens (tertiary/aromatic N) is 1. The van der Waals surface area contributed by atoms with Crippen LogP contribution >= 0.6 is 0 Å². The Labute approximate surface area is 230 Å². The first kappa shape index (κ1) is 26.8. The van der Waals surface area contributed by atoms with E-state index >= 15 is 0 Å². The number of hydrogen-bond acceptors (Lipinski definition) is 5. The second kappa shape index (κ2) is 13.9. The van der Waals surface area contributed by atoms with Crippen molar-refractivity contribution in [2.75, 3.05) is 6.61 Å². The Morgan fingerprint density at radius 1 is 0.590 bits per heavy atom. The minimum Gasteiger partial charge on any atom is -0.375 e. The van der Waals surface area contributed by atoms with Gasteiger partial charge in [-0.05, 0) is 28.8 Å². The van der Waals surface area contributed by atoms with Gasteiger partial charge in [-0.25, -0.2) is 0 Å². The topological polar surface area (TPSA) is 51.2 Å². The molecule has 0 aliphatic carbocycles. The molecule has 0 unspecified atom stereocenters. The lowest BCUT2D eigenvalue weighted by atomic mass is 10.1. The molecule has 1 N–H and O–H groups in total. The molecule has 0 amide bonds. The van der Waals surface area contributed by atoms with Gasteiger partial charge in [0.05, 0.1) is 32.5 Å². The van der Waals surface area contributed by atoms with Crippen LogP contribution in [0.25, 0.3) is 0 Å². The van der Waals surface area contributed by atoms with Gasteiger partial charge < -0.3 is 19.4 Å². The molecule has 0 saturated carbocycles. The highest BCUT2D eigenvalue weighted by atomic mass is 16.6. The van der Waals surface area contributed by atoms with Crippen LogP contribution in [0.3, 0.4) is 0 Å². The predicted molar refractivity (Wildman–Crippen MR) is 151 cm³/mol. The van der Waals surface area contributed by atoms with Gasteiger partial charge in [0.15, 0.2) is 0 Å². The Kier molecular flexibility index (Phi) is 9.54. The van der Waals surface area contributed by atoms with Crippen molar-refractivity contribution in [1.82, 2.24) is 5.06 Å². The molecule has 0 radical (unpaired) electrons. The zero-order chi connectivity index (χ0) is 26.7. The molecule has 4 aromatic rings. The summed E-state index contributed by atoms with van der Waals surface area (Å²) in [5, 5.41) is 12.7. The van der Waals surface area contributed by atoms with Crippen LogP contribution in [0.5, 0.6) is 0 Å². The number of rotatable bonds is 10. The van der Waals surface area contributed by atoms with Crippen LogP contribution in [0.2, 0.25) is 0 Å². The third kappa shape index (κ3) is 7.42. The Morgan fingerprint density at radius 3 is 1.59 bits per heavy atom. The van der Waals surface area contributed by atoms with Gasteiger partial charge in [-0.2, -0.15) is 5.06 Å². The van der Waals surface area contributed by atoms with E-state index in [1.165, 1.54) is 5.06 Å². The molecule has 1 saturated heterocycles. The Hall–Kier alpha value is -3.76. The van der Waals surface area contributed by atoms with Crippen molar-refractivity contribution < 1.29 is 19.4 Å². The van der Waals surface area contributed by atoms with Gasteiger partial charge in [-0.3, -0.25) is 0 Å². The van der Waals surface area contributed by atoms with Crippen molar-refractivity contribution >= 4 is 0 Å². The summed E-state index contributed by atoms with van der Waals surface area (Å²) in [6, 6.07) is 38.7. The van der Waals surface area contributed by atoms with Gasteiger partial charge in [0, 0.05) is 5.56 Å². The second-order valence-corrected chi connectivity index (χ2v) is 9.55. The van der Waals surface area contributed by atoms with Gasteiger partial charge in [-0.1, -0.05) is 121 Å². The van der Waals surface area contributed by atoms with Crippen molar-refractivity contribution in [3.63, 3.8) is 0 Å². The Morgan fingerprint density at radius 2 is 1.05 bits per heavy atom. The third-order valence-corrected chi connectivity index (χ3v) is 6.75. The van der Waals surface area contributed by atoms with Crippen molar-refractivity contribution in [2.24, 2.45) is 0 Å². The SMILES string of the molecule is ON1[C@H](C#Cc2ccccc2)[C@@H](OCc2ccccc2)[C@H](OCc2ccccc2)[C@@H]1COCc1ccccc1. The molecule has 39 heavy (non-hydrogen) atoms. The van der Waals surface area contributed by atoms with E-state index in [4.69, 9.17) is 14.2 Å². The molecule has 198 valence electrons. The fourth-order valence-electron chi connectivity index (χ4n) is 4.70. The summed E-state index contributed by atoms with van der Waals surface area (Å²) < 4.78 is 19.0. The highest BCUT2D eigenvalue weighted by molar-refractivity contribution is 5.36. The summed E-state index contributed by atoms with van der Waals surface area (Å²) in [6.45, 7) is 1.47. The molecule has 4 aromatic carbocycles. The van der Waals surface area contributed by atoms with E-state index in [2.05, 4.69) is 11.8 Å². The van der Waals surface area contributed by atoms with E-state index in [1.54, 1.807) is 0 Å². The monoisotopic (exact) mass is 519 g/mol. The maximum absolute atomic E-state index is 11.4. The molecule has 0 bridgehead atoms. The molecule has 5 rings (SSSR count). The normalized spacial score (nSPS) is 20.8. The molecule has 0 spiro atoms. The maximum Gasteiger partial charge on any atom is 0.125 e. The van der Waals surface area contributed by atoms with Gasteiger partial charge in [0.25, 0.3) is 0 Å². The first-order valence-electron chi connectivity index (χ1n) is 13.2. The van der Waals surface area contributed by atoms with E-state index in [1.807, 2.05) is 121 Å². The van der Waals surface area contributed by atoms with Crippen LogP contribution in [0, 0.1) is 11.8 Å². The van der Waals surface area contributed by atoms with Crippen LogP contribution in [0.1, 0.15) is 22.3 Å². The van der Waals surface area contributed by atoms with Crippen molar-refractivity contribution in [2.45, 2.75) is 44.1 Å². The number of hydroxylamine groups is 2. The van der Waals surface area contributed by atoms with Crippen LogP contribution in [0.4, 0.5) is 0 Å². The molecule has 1 fully saturated rings. The second-order valence-electron chi connectivity index (χ2n) is 9.55. The molecule has 1 heterocycles. The average molecular weight is 520 g/mol. The summed E-state index contributed by atoms with van der Waals surface area (Å²) >= 11 is 0. The van der Waals surface area contributed by atoms with Crippen LogP contribution in [-0.4, -0.2) is 41.2 Å². The highest BCUT2D eigenvalue weighted by Crippen LogP contribution is 2.30. The van der Waals surface area contributed by atoms with Gasteiger partial charge in [-0.15, -0.1) is 0 Å². The van der Waals surface area contributed by atoms with Gasteiger partial charge in [0.2, 0.25) is 0 Å². The zero-order valence-corrected chi connectivity index (χ0v) is 21.8. The first-order chi connectivity index (χ1) is 19.3. The molecular formula is C34H33NO4. The van der Waals surface area contributed by atoms with E-state index in [9.17, 15) is 5.21 Å². The van der Waals surface area contributed by atoms with Crippen LogP contribution in [0.15, 0.2) is 121 Å². The van der Waals surface area contributed by atoms with E-state index in [-0.39, 0.29) is 6.61 Å². The molecule has 4 atom stereocenters. The summed E-state index contributed by atoms with van der Waals surface area (Å²) in [5.41, 5.74) is 4.03. The number of hydrogen-bond donors (Lipinski definition) is 1. The van der Waals surface area contributed by atoms with Crippen molar-refractivity contribution in [1.29, 1.82) is 0 Å².